The summed E-state index contributed by atoms with van der Waals surface area (Å²) in [5.74, 6) is 0.110. The summed E-state index contributed by atoms with van der Waals surface area (Å²) in [6, 6.07) is 0.0411. The second-order valence-electron chi connectivity index (χ2n) is 4.06. The zero-order valence-electron chi connectivity index (χ0n) is 10.6. The molecule has 0 spiro atoms. The molecule has 0 aliphatic rings. The number of nitrogens with zero attached hydrogens (tertiary/aromatic N) is 2. The summed E-state index contributed by atoms with van der Waals surface area (Å²) in [6.07, 6.45) is 3.48. The molecule has 0 saturated heterocycles. The summed E-state index contributed by atoms with van der Waals surface area (Å²) in [7, 11) is 0. The molecule has 1 atom stereocenters. The molecule has 1 aromatic heterocycles. The van der Waals surface area contributed by atoms with Gasteiger partial charge >= 0.3 is 0 Å². The topological polar surface area (TPSA) is 46.9 Å². The SMILES string of the molecule is CCCC(=O)NC(C)c1cn(CC)nc1C. The van der Waals surface area contributed by atoms with Gasteiger partial charge in [-0.15, -0.1) is 0 Å². The third-order valence-corrected chi connectivity index (χ3v) is 2.63. The van der Waals surface area contributed by atoms with Gasteiger partial charge in [0.2, 0.25) is 5.91 Å². The van der Waals surface area contributed by atoms with Crippen LogP contribution in [0.25, 0.3) is 0 Å². The van der Waals surface area contributed by atoms with Crippen molar-refractivity contribution in [3.63, 3.8) is 0 Å². The molecule has 4 heteroatoms. The number of aryl methyl sites for hydroxylation is 2. The average molecular weight is 223 g/mol. The average Bonchev–Trinajstić information content (AvgIpc) is 2.60. The molecule has 0 fully saturated rings. The Bertz CT molecular complexity index is 357. The summed E-state index contributed by atoms with van der Waals surface area (Å²) in [5.41, 5.74) is 2.09. The highest BCUT2D eigenvalue weighted by atomic mass is 16.1. The molecule has 90 valence electrons. The van der Waals surface area contributed by atoms with E-state index in [4.69, 9.17) is 0 Å². The lowest BCUT2D eigenvalue weighted by Gasteiger charge is -2.12. The predicted octanol–water partition coefficient (Wildman–Crippen LogP) is 2.19. The highest BCUT2D eigenvalue weighted by Crippen LogP contribution is 2.16. The molecule has 1 unspecified atom stereocenters. The van der Waals surface area contributed by atoms with E-state index in [0.717, 1.165) is 24.2 Å². The predicted molar refractivity (Wildman–Crippen MR) is 64.1 cm³/mol. The van der Waals surface area contributed by atoms with Crippen molar-refractivity contribution in [2.75, 3.05) is 0 Å². The molecule has 1 heterocycles. The van der Waals surface area contributed by atoms with E-state index in [0.29, 0.717) is 6.42 Å². The third kappa shape index (κ3) is 3.08. The van der Waals surface area contributed by atoms with Crippen molar-refractivity contribution in [3.05, 3.63) is 17.5 Å². The van der Waals surface area contributed by atoms with Crippen LogP contribution in [0.2, 0.25) is 0 Å². The molecule has 1 amide bonds. The van der Waals surface area contributed by atoms with Crippen LogP contribution in [0.5, 0.6) is 0 Å². The molecule has 0 bridgehead atoms. The van der Waals surface area contributed by atoms with Crippen molar-refractivity contribution in [1.29, 1.82) is 0 Å². The molecule has 0 saturated carbocycles. The fourth-order valence-electron chi connectivity index (χ4n) is 1.74. The number of nitrogens with one attached hydrogen (secondary N) is 1. The van der Waals surface area contributed by atoms with Crippen molar-refractivity contribution in [2.45, 2.75) is 53.1 Å². The van der Waals surface area contributed by atoms with Crippen LogP contribution in [0.15, 0.2) is 6.20 Å². The summed E-state index contributed by atoms with van der Waals surface area (Å²) >= 11 is 0. The first-order chi connectivity index (χ1) is 7.58. The van der Waals surface area contributed by atoms with E-state index in [9.17, 15) is 4.79 Å². The lowest BCUT2D eigenvalue weighted by molar-refractivity contribution is -0.121. The smallest absolute Gasteiger partial charge is 0.220 e. The fraction of sp³-hybridized carbons (Fsp3) is 0.667. The highest BCUT2D eigenvalue weighted by Gasteiger charge is 2.13. The van der Waals surface area contributed by atoms with E-state index in [1.165, 1.54) is 0 Å². The summed E-state index contributed by atoms with van der Waals surface area (Å²) in [6.45, 7) is 8.89. The van der Waals surface area contributed by atoms with Gasteiger partial charge < -0.3 is 5.32 Å². The zero-order valence-corrected chi connectivity index (χ0v) is 10.6. The Morgan fingerprint density at radius 1 is 1.56 bits per heavy atom. The Labute approximate surface area is 97.0 Å². The number of carbonyl (C=O) groups excluding carboxylic acids is 1. The molecule has 0 aliphatic carbocycles. The highest BCUT2D eigenvalue weighted by molar-refractivity contribution is 5.76. The van der Waals surface area contributed by atoms with E-state index in [2.05, 4.69) is 17.3 Å². The number of aromatic nitrogens is 2. The molecule has 1 aromatic rings. The van der Waals surface area contributed by atoms with Crippen molar-refractivity contribution in [1.82, 2.24) is 15.1 Å². The van der Waals surface area contributed by atoms with E-state index >= 15 is 0 Å². The van der Waals surface area contributed by atoms with Gasteiger partial charge in [0.25, 0.3) is 0 Å². The lowest BCUT2D eigenvalue weighted by atomic mass is 10.1. The largest absolute Gasteiger partial charge is 0.349 e. The molecular weight excluding hydrogens is 202 g/mol. The molecule has 16 heavy (non-hydrogen) atoms. The van der Waals surface area contributed by atoms with Crippen LogP contribution in [-0.2, 0) is 11.3 Å². The van der Waals surface area contributed by atoms with Crippen LogP contribution < -0.4 is 5.32 Å². The van der Waals surface area contributed by atoms with Crippen molar-refractivity contribution in [2.24, 2.45) is 0 Å². The molecule has 0 aliphatic heterocycles. The van der Waals surface area contributed by atoms with Gasteiger partial charge in [-0.3, -0.25) is 9.48 Å². The Morgan fingerprint density at radius 2 is 2.25 bits per heavy atom. The lowest BCUT2D eigenvalue weighted by Crippen LogP contribution is -2.26. The minimum atomic E-state index is 0.0411. The quantitative estimate of drug-likeness (QED) is 0.831. The maximum absolute atomic E-state index is 11.5. The van der Waals surface area contributed by atoms with Crippen LogP contribution in [0, 0.1) is 6.92 Å². The zero-order chi connectivity index (χ0) is 12.1. The summed E-state index contributed by atoms with van der Waals surface area (Å²) in [5, 5.41) is 7.35. The van der Waals surface area contributed by atoms with Crippen molar-refractivity contribution in [3.8, 4) is 0 Å². The fourth-order valence-corrected chi connectivity index (χ4v) is 1.74. The second-order valence-corrected chi connectivity index (χ2v) is 4.06. The third-order valence-electron chi connectivity index (χ3n) is 2.63. The molecule has 1 N–H and O–H groups in total. The maximum atomic E-state index is 11.5. The Balaban J connectivity index is 2.68. The van der Waals surface area contributed by atoms with Gasteiger partial charge in [0.1, 0.15) is 0 Å². The molecule has 0 aromatic carbocycles. The Morgan fingerprint density at radius 3 is 2.75 bits per heavy atom. The number of hydrogen-bond acceptors (Lipinski definition) is 2. The van der Waals surface area contributed by atoms with Crippen molar-refractivity contribution < 1.29 is 4.79 Å². The van der Waals surface area contributed by atoms with E-state index in [1.807, 2.05) is 31.6 Å². The van der Waals surface area contributed by atoms with Gasteiger partial charge in [-0.1, -0.05) is 6.92 Å². The number of amides is 1. The maximum Gasteiger partial charge on any atom is 0.220 e. The molecule has 4 nitrogen and oxygen atoms in total. The number of carbonyl (C=O) groups is 1. The van der Waals surface area contributed by atoms with Crippen LogP contribution in [-0.4, -0.2) is 15.7 Å². The standard InChI is InChI=1S/C12H21N3O/c1-5-7-12(16)13-9(3)11-8-15(6-2)14-10(11)4/h8-9H,5-7H2,1-4H3,(H,13,16). The van der Waals surface area contributed by atoms with E-state index in [-0.39, 0.29) is 11.9 Å². The van der Waals surface area contributed by atoms with Gasteiger partial charge in [-0.05, 0) is 27.2 Å². The summed E-state index contributed by atoms with van der Waals surface area (Å²) in [4.78, 5) is 11.5. The normalized spacial score (nSPS) is 12.5. The van der Waals surface area contributed by atoms with Gasteiger partial charge in [-0.25, -0.2) is 0 Å². The Hall–Kier alpha value is -1.32. The molecule has 0 radical (unpaired) electrons. The first kappa shape index (κ1) is 12.7. The monoisotopic (exact) mass is 223 g/mol. The second kappa shape index (κ2) is 5.68. The first-order valence-corrected chi connectivity index (χ1v) is 5.91. The molecular formula is C12H21N3O. The van der Waals surface area contributed by atoms with Gasteiger partial charge in [0, 0.05) is 24.7 Å². The van der Waals surface area contributed by atoms with E-state index < -0.39 is 0 Å². The molecule has 1 rings (SSSR count). The van der Waals surface area contributed by atoms with Gasteiger partial charge in [-0.2, -0.15) is 5.10 Å². The van der Waals surface area contributed by atoms with Crippen LogP contribution in [0.4, 0.5) is 0 Å². The van der Waals surface area contributed by atoms with Crippen LogP contribution >= 0.6 is 0 Å². The van der Waals surface area contributed by atoms with E-state index in [1.54, 1.807) is 0 Å². The minimum Gasteiger partial charge on any atom is -0.349 e. The van der Waals surface area contributed by atoms with Crippen LogP contribution in [0.1, 0.15) is 50.9 Å². The van der Waals surface area contributed by atoms with Crippen molar-refractivity contribution >= 4 is 5.91 Å². The first-order valence-electron chi connectivity index (χ1n) is 5.91. The van der Waals surface area contributed by atoms with Gasteiger partial charge in [0.15, 0.2) is 0 Å². The minimum absolute atomic E-state index is 0.0411. The summed E-state index contributed by atoms with van der Waals surface area (Å²) < 4.78 is 1.90. The van der Waals surface area contributed by atoms with Crippen LogP contribution in [0.3, 0.4) is 0 Å². The number of hydrogen-bond donors (Lipinski definition) is 1. The van der Waals surface area contributed by atoms with Gasteiger partial charge in [0.05, 0.1) is 11.7 Å². The Kier molecular flexibility index (Phi) is 4.52. The number of rotatable bonds is 5.